The molecule has 3 heteroatoms. The quantitative estimate of drug-likeness (QED) is 0.782. The molecule has 1 amide bonds. The Balaban J connectivity index is 2.62. The van der Waals surface area contributed by atoms with E-state index in [1.807, 2.05) is 25.7 Å². The lowest BCUT2D eigenvalue weighted by molar-refractivity contribution is -0.142. The van der Waals surface area contributed by atoms with E-state index in [1.165, 1.54) is 0 Å². The van der Waals surface area contributed by atoms with Crippen molar-refractivity contribution < 1.29 is 9.90 Å². The van der Waals surface area contributed by atoms with Crippen molar-refractivity contribution >= 4 is 5.91 Å². The van der Waals surface area contributed by atoms with Crippen LogP contribution in [-0.2, 0) is 4.79 Å². The minimum Gasteiger partial charge on any atom is -0.396 e. The molecule has 1 N–H and O–H groups in total. The Bertz CT molecular complexity index is 237. The molecule has 0 aromatic heterocycles. The maximum absolute atomic E-state index is 12.2. The van der Waals surface area contributed by atoms with E-state index in [0.717, 1.165) is 31.8 Å². The van der Waals surface area contributed by atoms with Crippen LogP contribution in [0.2, 0.25) is 0 Å². The van der Waals surface area contributed by atoms with Crippen molar-refractivity contribution in [2.45, 2.75) is 40.5 Å². The summed E-state index contributed by atoms with van der Waals surface area (Å²) in [5, 5.41) is 9.37. The monoisotopic (exact) mass is 227 g/mol. The third-order valence-electron chi connectivity index (χ3n) is 3.62. The number of amides is 1. The minimum absolute atomic E-state index is 0.0472. The Labute approximate surface area is 98.8 Å². The van der Waals surface area contributed by atoms with Crippen LogP contribution in [0.3, 0.4) is 0 Å². The molecule has 0 aromatic rings. The maximum Gasteiger partial charge on any atom is 0.228 e. The van der Waals surface area contributed by atoms with Gasteiger partial charge in [0.05, 0.1) is 12.5 Å². The summed E-state index contributed by atoms with van der Waals surface area (Å²) in [6.45, 7) is 9.93. The molecule has 0 saturated carbocycles. The molecule has 0 spiro atoms. The van der Waals surface area contributed by atoms with Crippen molar-refractivity contribution in [3.05, 3.63) is 0 Å². The van der Waals surface area contributed by atoms with Crippen molar-refractivity contribution in [3.63, 3.8) is 0 Å². The van der Waals surface area contributed by atoms with E-state index in [1.54, 1.807) is 0 Å². The average molecular weight is 227 g/mol. The van der Waals surface area contributed by atoms with Gasteiger partial charge in [0.15, 0.2) is 0 Å². The smallest absolute Gasteiger partial charge is 0.228 e. The second-order valence-electron chi connectivity index (χ2n) is 6.11. The predicted molar refractivity (Wildman–Crippen MR) is 65.0 cm³/mol. The third kappa shape index (κ3) is 3.21. The van der Waals surface area contributed by atoms with Crippen molar-refractivity contribution in [3.8, 4) is 0 Å². The molecular formula is C13H25NO2. The highest BCUT2D eigenvalue weighted by atomic mass is 16.3. The number of aliphatic hydroxyl groups excluding tert-OH is 1. The van der Waals surface area contributed by atoms with Crippen LogP contribution in [0, 0.1) is 17.3 Å². The molecule has 1 aliphatic heterocycles. The summed E-state index contributed by atoms with van der Waals surface area (Å²) >= 11 is 0. The van der Waals surface area contributed by atoms with Gasteiger partial charge in [-0.1, -0.05) is 27.7 Å². The Morgan fingerprint density at radius 1 is 1.38 bits per heavy atom. The molecule has 16 heavy (non-hydrogen) atoms. The number of likely N-dealkylation sites (tertiary alicyclic amines) is 1. The highest BCUT2D eigenvalue weighted by molar-refractivity contribution is 5.79. The molecule has 0 aliphatic carbocycles. The van der Waals surface area contributed by atoms with Crippen molar-refractivity contribution in [1.29, 1.82) is 0 Å². The SMILES string of the molecule is CC1CCN(C(=O)C(CO)C(C)(C)C)CC1. The summed E-state index contributed by atoms with van der Waals surface area (Å²) in [5.74, 6) is 0.592. The third-order valence-corrected chi connectivity index (χ3v) is 3.62. The van der Waals surface area contributed by atoms with E-state index in [2.05, 4.69) is 6.92 Å². The van der Waals surface area contributed by atoms with Crippen LogP contribution in [0.25, 0.3) is 0 Å². The van der Waals surface area contributed by atoms with Gasteiger partial charge in [-0.3, -0.25) is 4.79 Å². The molecule has 1 atom stereocenters. The zero-order chi connectivity index (χ0) is 12.3. The van der Waals surface area contributed by atoms with Crippen LogP contribution in [0.5, 0.6) is 0 Å². The fraction of sp³-hybridized carbons (Fsp3) is 0.923. The van der Waals surface area contributed by atoms with Gasteiger partial charge in [-0.05, 0) is 24.2 Å². The van der Waals surface area contributed by atoms with Crippen LogP contribution in [0.1, 0.15) is 40.5 Å². The molecule has 0 aromatic carbocycles. The molecule has 1 aliphatic rings. The van der Waals surface area contributed by atoms with E-state index < -0.39 is 0 Å². The molecule has 1 heterocycles. The number of hydrogen-bond acceptors (Lipinski definition) is 2. The van der Waals surface area contributed by atoms with E-state index in [4.69, 9.17) is 0 Å². The number of aliphatic hydroxyl groups is 1. The van der Waals surface area contributed by atoms with Crippen LogP contribution in [0.15, 0.2) is 0 Å². The van der Waals surface area contributed by atoms with Gasteiger partial charge in [-0.15, -0.1) is 0 Å². The highest BCUT2D eigenvalue weighted by Gasteiger charge is 2.34. The summed E-state index contributed by atoms with van der Waals surface area (Å²) in [7, 11) is 0. The van der Waals surface area contributed by atoms with Gasteiger partial charge in [0.25, 0.3) is 0 Å². The summed E-state index contributed by atoms with van der Waals surface area (Å²) in [6, 6.07) is 0. The maximum atomic E-state index is 12.2. The van der Waals surface area contributed by atoms with Gasteiger partial charge >= 0.3 is 0 Å². The summed E-state index contributed by atoms with van der Waals surface area (Å²) in [5.41, 5.74) is -0.158. The lowest BCUT2D eigenvalue weighted by Crippen LogP contribution is -2.46. The predicted octanol–water partition coefficient (Wildman–Crippen LogP) is 1.90. The molecule has 1 saturated heterocycles. The van der Waals surface area contributed by atoms with Crippen molar-refractivity contribution in [1.82, 2.24) is 4.90 Å². The highest BCUT2D eigenvalue weighted by Crippen LogP contribution is 2.28. The summed E-state index contributed by atoms with van der Waals surface area (Å²) in [4.78, 5) is 14.2. The molecule has 1 rings (SSSR count). The van der Waals surface area contributed by atoms with Crippen LogP contribution < -0.4 is 0 Å². The lowest BCUT2D eigenvalue weighted by atomic mass is 9.80. The van der Waals surface area contributed by atoms with Gasteiger partial charge in [-0.25, -0.2) is 0 Å². The molecule has 1 fully saturated rings. The van der Waals surface area contributed by atoms with Gasteiger partial charge in [0.2, 0.25) is 5.91 Å². The second kappa shape index (κ2) is 5.17. The Hall–Kier alpha value is -0.570. The van der Waals surface area contributed by atoms with Crippen LogP contribution in [-0.4, -0.2) is 35.6 Å². The number of carbonyl (C=O) groups is 1. The van der Waals surface area contributed by atoms with Gasteiger partial charge < -0.3 is 10.0 Å². The summed E-state index contributed by atoms with van der Waals surface area (Å²) in [6.07, 6.45) is 2.18. The first-order valence-electron chi connectivity index (χ1n) is 6.26. The van der Waals surface area contributed by atoms with Crippen LogP contribution in [0.4, 0.5) is 0 Å². The van der Waals surface area contributed by atoms with Crippen molar-refractivity contribution in [2.24, 2.45) is 17.3 Å². The first-order chi connectivity index (χ1) is 7.36. The topological polar surface area (TPSA) is 40.5 Å². The normalized spacial score (nSPS) is 20.9. The first-order valence-corrected chi connectivity index (χ1v) is 6.26. The Morgan fingerprint density at radius 3 is 2.25 bits per heavy atom. The fourth-order valence-corrected chi connectivity index (χ4v) is 2.17. The van der Waals surface area contributed by atoms with Gasteiger partial charge in [0.1, 0.15) is 0 Å². The standard InChI is InChI=1S/C13H25NO2/c1-10-5-7-14(8-6-10)12(16)11(9-15)13(2,3)4/h10-11,15H,5-9H2,1-4H3. The Morgan fingerprint density at radius 2 is 1.88 bits per heavy atom. The molecule has 0 bridgehead atoms. The molecule has 94 valence electrons. The largest absolute Gasteiger partial charge is 0.396 e. The fourth-order valence-electron chi connectivity index (χ4n) is 2.17. The van der Waals surface area contributed by atoms with Gasteiger partial charge in [-0.2, -0.15) is 0 Å². The molecule has 3 nitrogen and oxygen atoms in total. The van der Waals surface area contributed by atoms with E-state index in [9.17, 15) is 9.90 Å². The second-order valence-corrected chi connectivity index (χ2v) is 6.11. The van der Waals surface area contributed by atoms with Crippen LogP contribution >= 0.6 is 0 Å². The molecular weight excluding hydrogens is 202 g/mol. The minimum atomic E-state index is -0.263. The van der Waals surface area contributed by atoms with E-state index in [-0.39, 0.29) is 23.8 Å². The number of rotatable bonds is 2. The zero-order valence-corrected chi connectivity index (χ0v) is 11.0. The number of piperidine rings is 1. The lowest BCUT2D eigenvalue weighted by Gasteiger charge is -2.36. The van der Waals surface area contributed by atoms with Gasteiger partial charge in [0, 0.05) is 13.1 Å². The van der Waals surface area contributed by atoms with E-state index >= 15 is 0 Å². The van der Waals surface area contributed by atoms with Crippen molar-refractivity contribution in [2.75, 3.05) is 19.7 Å². The molecule has 1 unspecified atom stereocenters. The molecule has 0 radical (unpaired) electrons. The Kier molecular flexibility index (Phi) is 4.36. The number of nitrogens with zero attached hydrogens (tertiary/aromatic N) is 1. The zero-order valence-electron chi connectivity index (χ0n) is 11.0. The number of carbonyl (C=O) groups excluding carboxylic acids is 1. The van der Waals surface area contributed by atoms with E-state index in [0.29, 0.717) is 0 Å². The average Bonchev–Trinajstić information content (AvgIpc) is 2.17. The summed E-state index contributed by atoms with van der Waals surface area (Å²) < 4.78 is 0. The first kappa shape index (κ1) is 13.5. The number of hydrogen-bond donors (Lipinski definition) is 1.